The van der Waals surface area contributed by atoms with Crippen molar-refractivity contribution in [2.45, 2.75) is 20.3 Å². The molecule has 0 aliphatic heterocycles. The van der Waals surface area contributed by atoms with Crippen molar-refractivity contribution in [1.29, 1.82) is 0 Å². The third-order valence-corrected chi connectivity index (χ3v) is 4.91. The molecule has 0 saturated heterocycles. The minimum absolute atomic E-state index is 0.237. The smallest absolute Gasteiger partial charge is 0.207 e. The zero-order chi connectivity index (χ0) is 16.7. The number of hydrogen-bond acceptors (Lipinski definition) is 4. The third kappa shape index (κ3) is 2.59. The number of halogens is 1. The van der Waals surface area contributed by atoms with Crippen molar-refractivity contribution < 1.29 is 4.39 Å². The van der Waals surface area contributed by atoms with E-state index >= 15 is 0 Å². The molecular weight excluding hydrogens is 323 g/mol. The van der Waals surface area contributed by atoms with E-state index in [-0.39, 0.29) is 5.82 Å². The van der Waals surface area contributed by atoms with Gasteiger partial charge in [-0.25, -0.2) is 4.39 Å². The molecule has 2 aromatic heterocycles. The summed E-state index contributed by atoms with van der Waals surface area (Å²) in [5.74, 6) is 0.404. The van der Waals surface area contributed by atoms with E-state index in [1.165, 1.54) is 28.5 Å². The zero-order valence-corrected chi connectivity index (χ0v) is 14.1. The Morgan fingerprint density at radius 3 is 2.71 bits per heavy atom. The lowest BCUT2D eigenvalue weighted by atomic mass is 10.1. The molecule has 0 N–H and O–H groups in total. The first-order valence-corrected chi connectivity index (χ1v) is 8.45. The number of benzene rings is 2. The molecule has 2 heterocycles. The first kappa shape index (κ1) is 15.0. The fraction of sp³-hybridized carbons (Fsp3) is 0.167. The van der Waals surface area contributed by atoms with E-state index in [0.29, 0.717) is 17.8 Å². The molecule has 0 amide bonds. The van der Waals surface area contributed by atoms with Gasteiger partial charge in [0.1, 0.15) is 10.8 Å². The second-order valence-electron chi connectivity index (χ2n) is 5.80. The molecule has 0 unspecified atom stereocenters. The van der Waals surface area contributed by atoms with Gasteiger partial charge in [-0.2, -0.15) is 9.61 Å². The molecule has 24 heavy (non-hydrogen) atoms. The van der Waals surface area contributed by atoms with Crippen molar-refractivity contribution in [3.63, 3.8) is 0 Å². The van der Waals surface area contributed by atoms with Crippen LogP contribution in [0.3, 0.4) is 0 Å². The van der Waals surface area contributed by atoms with Crippen LogP contribution in [0.15, 0.2) is 42.5 Å². The minimum Gasteiger partial charge on any atom is -0.207 e. The Labute approximate surface area is 142 Å². The summed E-state index contributed by atoms with van der Waals surface area (Å²) < 4.78 is 15.6. The van der Waals surface area contributed by atoms with E-state index in [0.717, 1.165) is 15.5 Å². The molecule has 4 aromatic rings. The summed E-state index contributed by atoms with van der Waals surface area (Å²) in [7, 11) is 0. The number of aromatic nitrogens is 4. The highest BCUT2D eigenvalue weighted by Gasteiger charge is 2.15. The van der Waals surface area contributed by atoms with Crippen LogP contribution in [0.1, 0.15) is 22.5 Å². The average molecular weight is 338 g/mol. The molecular formula is C18H15FN4S. The number of aryl methyl sites for hydroxylation is 2. The predicted octanol–water partition coefficient (Wildman–Crippen LogP) is 4.20. The standard InChI is InChI=1S/C18H15FN4S/c1-11-7-8-14(12(2)9-11)17-22-23-16(20-21-18(23)24-17)10-13-5-3-4-6-15(13)19/h3-9H,10H2,1-2H3. The van der Waals surface area contributed by atoms with Crippen LogP contribution in [0.2, 0.25) is 0 Å². The maximum Gasteiger partial charge on any atom is 0.234 e. The van der Waals surface area contributed by atoms with Crippen LogP contribution in [-0.2, 0) is 6.42 Å². The van der Waals surface area contributed by atoms with Gasteiger partial charge in [-0.05, 0) is 31.0 Å². The lowest BCUT2D eigenvalue weighted by Crippen LogP contribution is -1.99. The molecule has 0 radical (unpaired) electrons. The summed E-state index contributed by atoms with van der Waals surface area (Å²) in [6.07, 6.45) is 0.365. The second-order valence-corrected chi connectivity index (χ2v) is 6.76. The highest BCUT2D eigenvalue weighted by molar-refractivity contribution is 7.19. The normalized spacial score (nSPS) is 11.3. The van der Waals surface area contributed by atoms with E-state index < -0.39 is 0 Å². The summed E-state index contributed by atoms with van der Waals surface area (Å²) in [5.41, 5.74) is 4.08. The summed E-state index contributed by atoms with van der Waals surface area (Å²) in [4.78, 5) is 0.719. The van der Waals surface area contributed by atoms with Crippen LogP contribution in [0.4, 0.5) is 4.39 Å². The molecule has 0 spiro atoms. The fourth-order valence-electron chi connectivity index (χ4n) is 2.74. The Kier molecular flexibility index (Phi) is 3.61. The number of rotatable bonds is 3. The highest BCUT2D eigenvalue weighted by atomic mass is 32.1. The summed E-state index contributed by atoms with van der Waals surface area (Å²) in [6.45, 7) is 4.15. The largest absolute Gasteiger partial charge is 0.234 e. The zero-order valence-electron chi connectivity index (χ0n) is 13.3. The number of nitrogens with zero attached hydrogens (tertiary/aromatic N) is 4. The lowest BCUT2D eigenvalue weighted by Gasteiger charge is -2.03. The fourth-order valence-corrected chi connectivity index (χ4v) is 3.69. The third-order valence-electron chi connectivity index (χ3n) is 3.97. The van der Waals surface area contributed by atoms with Gasteiger partial charge in [0, 0.05) is 12.0 Å². The molecule has 0 bridgehead atoms. The van der Waals surface area contributed by atoms with Crippen LogP contribution >= 0.6 is 11.3 Å². The molecule has 0 atom stereocenters. The minimum atomic E-state index is -0.237. The number of fused-ring (bicyclic) bond motifs is 1. The molecule has 0 fully saturated rings. The molecule has 2 aromatic carbocycles. The first-order valence-electron chi connectivity index (χ1n) is 7.64. The molecule has 120 valence electrons. The molecule has 4 nitrogen and oxygen atoms in total. The van der Waals surface area contributed by atoms with Crippen molar-refractivity contribution in [3.8, 4) is 10.6 Å². The molecule has 0 saturated carbocycles. The van der Waals surface area contributed by atoms with Gasteiger partial charge >= 0.3 is 0 Å². The van der Waals surface area contributed by atoms with Crippen LogP contribution in [0, 0.1) is 19.7 Å². The van der Waals surface area contributed by atoms with Crippen LogP contribution < -0.4 is 0 Å². The van der Waals surface area contributed by atoms with Crippen LogP contribution in [0.25, 0.3) is 15.5 Å². The van der Waals surface area contributed by atoms with Gasteiger partial charge in [-0.3, -0.25) is 0 Å². The number of hydrogen-bond donors (Lipinski definition) is 0. The highest BCUT2D eigenvalue weighted by Crippen LogP contribution is 2.29. The van der Waals surface area contributed by atoms with E-state index in [9.17, 15) is 4.39 Å². The van der Waals surface area contributed by atoms with Crippen molar-refractivity contribution >= 4 is 16.3 Å². The van der Waals surface area contributed by atoms with Gasteiger partial charge in [0.05, 0.1) is 0 Å². The van der Waals surface area contributed by atoms with Gasteiger partial charge in [-0.15, -0.1) is 10.2 Å². The molecule has 0 aliphatic carbocycles. The lowest BCUT2D eigenvalue weighted by molar-refractivity contribution is 0.611. The van der Waals surface area contributed by atoms with Crippen LogP contribution in [-0.4, -0.2) is 19.8 Å². The van der Waals surface area contributed by atoms with Crippen molar-refractivity contribution in [3.05, 3.63) is 70.8 Å². The predicted molar refractivity (Wildman–Crippen MR) is 92.8 cm³/mol. The maximum absolute atomic E-state index is 13.9. The van der Waals surface area contributed by atoms with Crippen molar-refractivity contribution in [2.24, 2.45) is 0 Å². The Morgan fingerprint density at radius 2 is 1.92 bits per heavy atom. The summed E-state index contributed by atoms with van der Waals surface area (Å²) in [6, 6.07) is 13.0. The van der Waals surface area contributed by atoms with Crippen LogP contribution in [0.5, 0.6) is 0 Å². The van der Waals surface area contributed by atoms with E-state index in [1.54, 1.807) is 16.6 Å². The van der Waals surface area contributed by atoms with E-state index in [2.05, 4.69) is 47.3 Å². The summed E-state index contributed by atoms with van der Waals surface area (Å²) >= 11 is 1.49. The maximum atomic E-state index is 13.9. The van der Waals surface area contributed by atoms with Gasteiger partial charge in [-0.1, -0.05) is 53.3 Å². The monoisotopic (exact) mass is 338 g/mol. The Hall–Kier alpha value is -2.60. The first-order chi connectivity index (χ1) is 11.6. The quantitative estimate of drug-likeness (QED) is 0.562. The van der Waals surface area contributed by atoms with Gasteiger partial charge in [0.15, 0.2) is 5.82 Å². The molecule has 0 aliphatic rings. The Balaban J connectivity index is 1.75. The summed E-state index contributed by atoms with van der Waals surface area (Å²) in [5, 5.41) is 13.9. The Bertz CT molecular complexity index is 1030. The molecule has 6 heteroatoms. The van der Waals surface area contributed by atoms with Crippen molar-refractivity contribution in [2.75, 3.05) is 0 Å². The topological polar surface area (TPSA) is 43.1 Å². The Morgan fingerprint density at radius 1 is 1.08 bits per heavy atom. The van der Waals surface area contributed by atoms with E-state index in [1.807, 2.05) is 6.07 Å². The second kappa shape index (κ2) is 5.79. The van der Waals surface area contributed by atoms with Gasteiger partial charge < -0.3 is 0 Å². The van der Waals surface area contributed by atoms with Gasteiger partial charge in [0.25, 0.3) is 0 Å². The van der Waals surface area contributed by atoms with Crippen molar-refractivity contribution in [1.82, 2.24) is 19.8 Å². The average Bonchev–Trinajstić information content (AvgIpc) is 3.11. The molecule has 4 rings (SSSR count). The van der Waals surface area contributed by atoms with E-state index in [4.69, 9.17) is 0 Å². The SMILES string of the molecule is Cc1ccc(-c2nn3c(Cc4ccccc4F)nnc3s2)c(C)c1. The van der Waals surface area contributed by atoms with Gasteiger partial charge in [0.2, 0.25) is 4.96 Å².